The van der Waals surface area contributed by atoms with Gasteiger partial charge >= 0.3 is 0 Å². The summed E-state index contributed by atoms with van der Waals surface area (Å²) in [6.45, 7) is 0. The highest BCUT2D eigenvalue weighted by Crippen LogP contribution is 2.01. The Morgan fingerprint density at radius 2 is 2.00 bits per heavy atom. The molecular weight excluding hydrogens is 156 g/mol. The lowest BCUT2D eigenvalue weighted by Gasteiger charge is -1.87. The van der Waals surface area contributed by atoms with Crippen LogP contribution < -0.4 is 0 Å². The van der Waals surface area contributed by atoms with Gasteiger partial charge in [-0.1, -0.05) is 23.8 Å². The van der Waals surface area contributed by atoms with Crippen LogP contribution in [0.25, 0.3) is 0 Å². The first-order chi connectivity index (χ1) is 4.33. The first-order valence-corrected chi connectivity index (χ1v) is 3.10. The van der Waals surface area contributed by atoms with Gasteiger partial charge in [-0.05, 0) is 0 Å². The molecule has 0 aliphatic rings. The van der Waals surface area contributed by atoms with Crippen LogP contribution in [0.4, 0.5) is 0 Å². The van der Waals surface area contributed by atoms with E-state index in [4.69, 9.17) is 11.6 Å². The summed E-state index contributed by atoms with van der Waals surface area (Å²) in [6.07, 6.45) is 3.01. The second-order valence-corrected chi connectivity index (χ2v) is 2.05. The van der Waals surface area contributed by atoms with E-state index in [2.05, 4.69) is 22.2 Å². The Morgan fingerprint density at radius 1 is 1.44 bits per heavy atom. The third-order valence-electron chi connectivity index (χ3n) is 0.746. The quantitative estimate of drug-likeness (QED) is 0.579. The van der Waals surface area contributed by atoms with Crippen LogP contribution in [0.5, 0.6) is 0 Å². The molecule has 0 N–H and O–H groups in total. The predicted molar refractivity (Wildman–Crippen MR) is 39.8 cm³/mol. The monoisotopic (exact) mass is 158 g/mol. The highest BCUT2D eigenvalue weighted by atomic mass is 35.5. The van der Waals surface area contributed by atoms with Gasteiger partial charge in [0.2, 0.25) is 0 Å². The van der Waals surface area contributed by atoms with Crippen molar-refractivity contribution in [2.45, 2.75) is 0 Å². The van der Waals surface area contributed by atoms with Gasteiger partial charge in [-0.3, -0.25) is 0 Å². The van der Waals surface area contributed by atoms with Crippen molar-refractivity contribution < 1.29 is 0 Å². The Kier molecular flexibility index (Phi) is 2.08. The lowest BCUT2D eigenvalue weighted by atomic mass is 10.6. The number of rotatable bonds is 1. The fraction of sp³-hybridized carbons (Fsp3) is 0. The van der Waals surface area contributed by atoms with E-state index >= 15 is 0 Å². The molecule has 0 bridgehead atoms. The Labute approximate surface area is 62.9 Å². The van der Waals surface area contributed by atoms with Crippen LogP contribution >= 0.6 is 23.8 Å². The summed E-state index contributed by atoms with van der Waals surface area (Å²) in [4.78, 5) is 7.59. The smallest absolute Gasteiger partial charge is 0.162 e. The lowest BCUT2D eigenvalue weighted by Crippen LogP contribution is -1.88. The third-order valence-corrected chi connectivity index (χ3v) is 1.15. The standard InChI is InChI=1S/C5H3ClN2S/c6-4-1-7-5(3-9)8-2-4/h1-3H. The van der Waals surface area contributed by atoms with Gasteiger partial charge in [-0.25, -0.2) is 9.97 Å². The zero-order valence-corrected chi connectivity index (χ0v) is 5.99. The topological polar surface area (TPSA) is 25.8 Å². The van der Waals surface area contributed by atoms with Crippen molar-refractivity contribution in [3.05, 3.63) is 23.2 Å². The minimum absolute atomic E-state index is 0.523. The highest BCUT2D eigenvalue weighted by Gasteiger charge is 1.87. The summed E-state index contributed by atoms with van der Waals surface area (Å²) in [6, 6.07) is 0. The maximum Gasteiger partial charge on any atom is 0.162 e. The van der Waals surface area contributed by atoms with Crippen LogP contribution in [-0.2, 0) is 0 Å². The maximum atomic E-state index is 5.50. The summed E-state index contributed by atoms with van der Waals surface area (Å²) >= 11 is 10.1. The molecule has 2 nitrogen and oxygen atoms in total. The SMILES string of the molecule is S=Cc1ncc(Cl)cn1. The molecule has 0 saturated heterocycles. The second-order valence-electron chi connectivity index (χ2n) is 1.38. The van der Waals surface area contributed by atoms with Gasteiger partial charge in [0.05, 0.1) is 5.02 Å². The molecular formula is C5H3ClN2S. The number of nitrogens with zero attached hydrogens (tertiary/aromatic N) is 2. The van der Waals surface area contributed by atoms with E-state index in [1.54, 1.807) is 0 Å². The van der Waals surface area contributed by atoms with Crippen molar-refractivity contribution in [1.29, 1.82) is 0 Å². The van der Waals surface area contributed by atoms with Crippen LogP contribution in [0.1, 0.15) is 5.82 Å². The van der Waals surface area contributed by atoms with E-state index in [9.17, 15) is 0 Å². The summed E-state index contributed by atoms with van der Waals surface area (Å²) in [5, 5.41) is 1.92. The fourth-order valence-electron chi connectivity index (χ4n) is 0.383. The number of hydrogen-bond donors (Lipinski definition) is 0. The molecule has 0 spiro atoms. The normalized spacial score (nSPS) is 9.00. The molecule has 1 aromatic rings. The van der Waals surface area contributed by atoms with E-state index in [0.717, 1.165) is 0 Å². The Balaban J connectivity index is 3.01. The molecule has 0 fully saturated rings. The van der Waals surface area contributed by atoms with Crippen molar-refractivity contribution in [2.24, 2.45) is 0 Å². The molecule has 0 aliphatic carbocycles. The van der Waals surface area contributed by atoms with Gasteiger partial charge in [0.25, 0.3) is 0 Å². The third kappa shape index (κ3) is 1.69. The van der Waals surface area contributed by atoms with Crippen LogP contribution in [0.15, 0.2) is 12.4 Å². The Bertz CT molecular complexity index is 209. The first-order valence-electron chi connectivity index (χ1n) is 2.25. The first kappa shape index (κ1) is 6.58. The number of aromatic nitrogens is 2. The molecule has 0 saturated carbocycles. The second kappa shape index (κ2) is 2.85. The minimum atomic E-state index is 0.523. The van der Waals surface area contributed by atoms with Gasteiger partial charge in [0.1, 0.15) is 0 Å². The summed E-state index contributed by atoms with van der Waals surface area (Å²) < 4.78 is 0. The summed E-state index contributed by atoms with van der Waals surface area (Å²) in [5.74, 6) is 0.523. The molecule has 0 aromatic carbocycles. The van der Waals surface area contributed by atoms with Gasteiger partial charge in [-0.15, -0.1) is 0 Å². The van der Waals surface area contributed by atoms with E-state index in [-0.39, 0.29) is 0 Å². The molecule has 0 radical (unpaired) electrons. The van der Waals surface area contributed by atoms with Crippen molar-refractivity contribution >= 4 is 29.2 Å². The van der Waals surface area contributed by atoms with Crippen molar-refractivity contribution in [3.8, 4) is 0 Å². The minimum Gasteiger partial charge on any atom is -0.235 e. The lowest BCUT2D eigenvalue weighted by molar-refractivity contribution is 1.15. The van der Waals surface area contributed by atoms with Gasteiger partial charge in [0, 0.05) is 17.8 Å². The van der Waals surface area contributed by atoms with Crippen LogP contribution in [0.2, 0.25) is 5.02 Å². The maximum absolute atomic E-state index is 5.50. The van der Waals surface area contributed by atoms with Crippen molar-refractivity contribution in [3.63, 3.8) is 0 Å². The van der Waals surface area contributed by atoms with E-state index in [1.165, 1.54) is 17.8 Å². The Morgan fingerprint density at radius 3 is 2.44 bits per heavy atom. The zero-order valence-electron chi connectivity index (χ0n) is 4.41. The van der Waals surface area contributed by atoms with Crippen LogP contribution in [0.3, 0.4) is 0 Å². The molecule has 0 aliphatic heterocycles. The van der Waals surface area contributed by atoms with E-state index in [0.29, 0.717) is 10.8 Å². The number of halogens is 1. The predicted octanol–water partition coefficient (Wildman–Crippen LogP) is 1.48. The molecule has 1 aromatic heterocycles. The molecule has 46 valence electrons. The van der Waals surface area contributed by atoms with Gasteiger partial charge in [-0.2, -0.15) is 0 Å². The molecule has 9 heavy (non-hydrogen) atoms. The molecule has 4 heteroatoms. The average molecular weight is 159 g/mol. The fourth-order valence-corrected chi connectivity index (χ4v) is 0.602. The van der Waals surface area contributed by atoms with Gasteiger partial charge in [0.15, 0.2) is 5.82 Å². The molecule has 1 rings (SSSR count). The van der Waals surface area contributed by atoms with Crippen LogP contribution in [0, 0.1) is 0 Å². The van der Waals surface area contributed by atoms with Gasteiger partial charge < -0.3 is 0 Å². The Hall–Kier alpha value is -0.540. The highest BCUT2D eigenvalue weighted by molar-refractivity contribution is 7.79. The molecule has 0 unspecified atom stereocenters. The van der Waals surface area contributed by atoms with Crippen molar-refractivity contribution in [2.75, 3.05) is 0 Å². The largest absolute Gasteiger partial charge is 0.235 e. The molecule has 1 heterocycles. The van der Waals surface area contributed by atoms with Crippen molar-refractivity contribution in [1.82, 2.24) is 9.97 Å². The zero-order chi connectivity index (χ0) is 6.69. The molecule has 0 amide bonds. The van der Waals surface area contributed by atoms with Crippen LogP contribution in [-0.4, -0.2) is 15.3 Å². The summed E-state index contributed by atoms with van der Waals surface area (Å²) in [7, 11) is 0. The molecule has 0 atom stereocenters. The van der Waals surface area contributed by atoms with E-state index in [1.807, 2.05) is 0 Å². The average Bonchev–Trinajstić information content (AvgIpc) is 1.90. The summed E-state index contributed by atoms with van der Waals surface area (Å²) in [5.41, 5.74) is 0. The number of hydrogen-bond acceptors (Lipinski definition) is 3. The number of thiocarbonyl (C=S) groups is 1. The van der Waals surface area contributed by atoms with E-state index < -0.39 is 0 Å².